The Morgan fingerprint density at radius 1 is 1.20 bits per heavy atom. The summed E-state index contributed by atoms with van der Waals surface area (Å²) in [6.45, 7) is 9.15. The number of para-hydroxylation sites is 1. The number of amides is 1. The van der Waals surface area contributed by atoms with E-state index in [2.05, 4.69) is 20.9 Å². The Bertz CT molecular complexity index is 698. The van der Waals surface area contributed by atoms with Gasteiger partial charge in [-0.05, 0) is 59.4 Å². The molecule has 30 heavy (non-hydrogen) atoms. The molecule has 1 aromatic carbocycles. The number of ether oxygens (including phenoxy) is 2. The van der Waals surface area contributed by atoms with E-state index in [1.54, 1.807) is 7.11 Å². The second-order valence-corrected chi connectivity index (χ2v) is 8.32. The van der Waals surface area contributed by atoms with Crippen molar-refractivity contribution in [2.45, 2.75) is 71.6 Å². The normalized spacial score (nSPS) is 14.6. The fourth-order valence-corrected chi connectivity index (χ4v) is 3.29. The maximum absolute atomic E-state index is 12.1. The van der Waals surface area contributed by atoms with Crippen molar-refractivity contribution in [3.05, 3.63) is 23.8 Å². The molecule has 0 saturated heterocycles. The maximum atomic E-state index is 12.1. The molecule has 1 amide bonds. The number of aliphatic imine (C=N–C) groups is 1. The molecule has 1 aromatic rings. The lowest BCUT2D eigenvalue weighted by atomic mass is 10.1. The van der Waals surface area contributed by atoms with Crippen LogP contribution in [-0.2, 0) is 11.3 Å². The summed E-state index contributed by atoms with van der Waals surface area (Å²) in [4.78, 5) is 16.7. The van der Waals surface area contributed by atoms with Crippen LogP contribution in [0.25, 0.3) is 0 Å². The average Bonchev–Trinajstić information content (AvgIpc) is 3.16. The number of carbonyl (C=O) groups is 1. The number of methoxy groups -OCH3 is 1. The third kappa shape index (κ3) is 8.97. The fraction of sp³-hybridized carbons (Fsp3) is 0.636. The smallest absolute Gasteiger partial charge is 0.239 e. The topological polar surface area (TPSA) is 84.0 Å². The van der Waals surface area contributed by atoms with E-state index in [4.69, 9.17) is 9.47 Å². The molecular formula is C22H37IN4O3. The zero-order valence-electron chi connectivity index (χ0n) is 18.8. The third-order valence-corrected chi connectivity index (χ3v) is 4.55. The minimum atomic E-state index is -0.263. The van der Waals surface area contributed by atoms with E-state index < -0.39 is 0 Å². The van der Waals surface area contributed by atoms with E-state index >= 15 is 0 Å². The minimum absolute atomic E-state index is 0. The van der Waals surface area contributed by atoms with Gasteiger partial charge in [0.2, 0.25) is 5.91 Å². The average molecular weight is 532 g/mol. The molecule has 0 unspecified atom stereocenters. The largest absolute Gasteiger partial charge is 0.493 e. The summed E-state index contributed by atoms with van der Waals surface area (Å²) in [5.41, 5.74) is 0.703. The van der Waals surface area contributed by atoms with Crippen LogP contribution in [0.4, 0.5) is 0 Å². The fourth-order valence-electron chi connectivity index (χ4n) is 3.29. The summed E-state index contributed by atoms with van der Waals surface area (Å²) in [5.74, 6) is 2.01. The first-order valence-electron chi connectivity index (χ1n) is 10.5. The lowest BCUT2D eigenvalue weighted by molar-refractivity contribution is -0.121. The highest BCUT2D eigenvalue weighted by molar-refractivity contribution is 14.0. The van der Waals surface area contributed by atoms with Gasteiger partial charge in [-0.3, -0.25) is 4.79 Å². The van der Waals surface area contributed by atoms with Crippen molar-refractivity contribution in [2.24, 2.45) is 4.99 Å². The molecular weight excluding hydrogens is 495 g/mol. The molecule has 0 aliphatic heterocycles. The third-order valence-electron chi connectivity index (χ3n) is 4.55. The van der Waals surface area contributed by atoms with E-state index in [9.17, 15) is 4.79 Å². The number of hydrogen-bond donors (Lipinski definition) is 3. The Morgan fingerprint density at radius 3 is 2.50 bits per heavy atom. The lowest BCUT2D eigenvalue weighted by Gasteiger charge is -2.21. The minimum Gasteiger partial charge on any atom is -0.493 e. The molecule has 1 aliphatic carbocycles. The molecule has 1 fully saturated rings. The zero-order valence-corrected chi connectivity index (χ0v) is 21.2. The number of hydrogen-bond acceptors (Lipinski definition) is 4. The second-order valence-electron chi connectivity index (χ2n) is 8.32. The van der Waals surface area contributed by atoms with Gasteiger partial charge in [0.15, 0.2) is 17.5 Å². The van der Waals surface area contributed by atoms with Gasteiger partial charge < -0.3 is 25.4 Å². The highest BCUT2D eigenvalue weighted by Crippen LogP contribution is 2.35. The van der Waals surface area contributed by atoms with E-state index in [0.29, 0.717) is 19.0 Å². The first-order valence-corrected chi connectivity index (χ1v) is 10.5. The summed E-state index contributed by atoms with van der Waals surface area (Å²) >= 11 is 0. The Labute approximate surface area is 197 Å². The van der Waals surface area contributed by atoms with E-state index in [0.717, 1.165) is 29.9 Å². The highest BCUT2D eigenvalue weighted by Gasteiger charge is 2.20. The molecule has 0 radical (unpaired) electrons. The van der Waals surface area contributed by atoms with Crippen LogP contribution in [0.3, 0.4) is 0 Å². The van der Waals surface area contributed by atoms with Gasteiger partial charge in [-0.15, -0.1) is 24.0 Å². The van der Waals surface area contributed by atoms with Gasteiger partial charge in [-0.25, -0.2) is 4.99 Å². The van der Waals surface area contributed by atoms with Crippen LogP contribution >= 0.6 is 24.0 Å². The number of carbonyl (C=O) groups excluding carboxylic acids is 1. The Kier molecular flexibility index (Phi) is 11.3. The molecule has 0 atom stereocenters. The first-order chi connectivity index (χ1) is 13.8. The molecule has 1 aliphatic rings. The van der Waals surface area contributed by atoms with Gasteiger partial charge in [0.25, 0.3) is 0 Å². The summed E-state index contributed by atoms with van der Waals surface area (Å²) < 4.78 is 11.8. The van der Waals surface area contributed by atoms with Gasteiger partial charge in [0.1, 0.15) is 0 Å². The van der Waals surface area contributed by atoms with Crippen LogP contribution in [0.15, 0.2) is 23.2 Å². The molecule has 7 nitrogen and oxygen atoms in total. The van der Waals surface area contributed by atoms with Crippen LogP contribution in [0.1, 0.15) is 58.9 Å². The predicted octanol–water partition coefficient (Wildman–Crippen LogP) is 3.60. The van der Waals surface area contributed by atoms with Crippen LogP contribution in [0, 0.1) is 0 Å². The van der Waals surface area contributed by atoms with Crippen molar-refractivity contribution in [3.63, 3.8) is 0 Å². The van der Waals surface area contributed by atoms with Crippen LogP contribution in [0.5, 0.6) is 11.5 Å². The van der Waals surface area contributed by atoms with E-state index in [1.165, 1.54) is 12.8 Å². The number of rotatable bonds is 8. The highest BCUT2D eigenvalue weighted by atomic mass is 127. The van der Waals surface area contributed by atoms with Crippen molar-refractivity contribution in [3.8, 4) is 11.5 Å². The first kappa shape index (κ1) is 26.3. The van der Waals surface area contributed by atoms with Crippen molar-refractivity contribution >= 4 is 35.8 Å². The molecule has 0 aromatic heterocycles. The molecule has 1 saturated carbocycles. The van der Waals surface area contributed by atoms with Crippen molar-refractivity contribution in [2.75, 3.05) is 20.2 Å². The van der Waals surface area contributed by atoms with Gasteiger partial charge in [0, 0.05) is 17.6 Å². The SMILES string of the molecule is CCNC(=NCc1cccc(OC)c1OC1CCCC1)NCC(=O)NC(C)(C)C.I. The molecule has 170 valence electrons. The Balaban J connectivity index is 0.00000450. The van der Waals surface area contributed by atoms with Crippen LogP contribution in [0.2, 0.25) is 0 Å². The summed E-state index contributed by atoms with van der Waals surface area (Å²) in [5, 5.41) is 9.20. The van der Waals surface area contributed by atoms with Gasteiger partial charge in [-0.1, -0.05) is 12.1 Å². The number of benzene rings is 1. The molecule has 0 heterocycles. The van der Waals surface area contributed by atoms with Crippen LogP contribution in [-0.4, -0.2) is 43.7 Å². The molecule has 8 heteroatoms. The zero-order chi connectivity index (χ0) is 21.3. The molecule has 3 N–H and O–H groups in total. The Hall–Kier alpha value is -1.71. The summed E-state index contributed by atoms with van der Waals surface area (Å²) in [6, 6.07) is 5.87. The predicted molar refractivity (Wildman–Crippen MR) is 132 cm³/mol. The molecule has 0 bridgehead atoms. The maximum Gasteiger partial charge on any atom is 0.239 e. The van der Waals surface area contributed by atoms with Crippen molar-refractivity contribution in [1.82, 2.24) is 16.0 Å². The number of nitrogens with one attached hydrogen (secondary N) is 3. The lowest BCUT2D eigenvalue weighted by Crippen LogP contribution is -2.48. The van der Waals surface area contributed by atoms with E-state index in [-0.39, 0.29) is 48.1 Å². The quantitative estimate of drug-likeness (QED) is 0.271. The monoisotopic (exact) mass is 532 g/mol. The van der Waals surface area contributed by atoms with E-state index in [1.807, 2.05) is 45.9 Å². The number of nitrogens with zero attached hydrogens (tertiary/aromatic N) is 1. The number of guanidine groups is 1. The molecule has 2 rings (SSSR count). The van der Waals surface area contributed by atoms with Crippen molar-refractivity contribution in [1.29, 1.82) is 0 Å². The standard InChI is InChI=1S/C22H36N4O3.HI/c1-6-23-21(25-15-19(27)26-22(2,3)4)24-14-16-10-9-13-18(28-5)20(16)29-17-11-7-8-12-17;/h9-10,13,17H,6-8,11-12,14-15H2,1-5H3,(H,26,27)(H2,23,24,25);1H. The second kappa shape index (κ2) is 12.9. The Morgan fingerprint density at radius 2 is 1.90 bits per heavy atom. The summed E-state index contributed by atoms with van der Waals surface area (Å²) in [7, 11) is 1.66. The van der Waals surface area contributed by atoms with Gasteiger partial charge >= 0.3 is 0 Å². The van der Waals surface area contributed by atoms with Gasteiger partial charge in [-0.2, -0.15) is 0 Å². The summed E-state index contributed by atoms with van der Waals surface area (Å²) in [6.07, 6.45) is 4.81. The molecule has 0 spiro atoms. The number of halogens is 1. The van der Waals surface area contributed by atoms with Crippen molar-refractivity contribution < 1.29 is 14.3 Å². The van der Waals surface area contributed by atoms with Crippen LogP contribution < -0.4 is 25.4 Å². The van der Waals surface area contributed by atoms with Gasteiger partial charge in [0.05, 0.1) is 26.3 Å².